The Kier molecular flexibility index (Phi) is 5.65. The lowest BCUT2D eigenvalue weighted by Crippen LogP contribution is -2.35. The van der Waals surface area contributed by atoms with Crippen LogP contribution < -0.4 is 10.8 Å². The van der Waals surface area contributed by atoms with Crippen LogP contribution in [0.4, 0.5) is 4.79 Å². The van der Waals surface area contributed by atoms with Gasteiger partial charge in [-0.2, -0.15) is 0 Å². The van der Waals surface area contributed by atoms with E-state index in [2.05, 4.69) is 43.4 Å². The molecule has 1 rings (SSSR count). The Morgan fingerprint density at radius 2 is 1.83 bits per heavy atom. The molecule has 0 saturated carbocycles. The number of carbonyl (C=O) groups is 1. The van der Waals surface area contributed by atoms with Crippen LogP contribution in [0.3, 0.4) is 0 Å². The summed E-state index contributed by atoms with van der Waals surface area (Å²) in [7, 11) is 0. The van der Waals surface area contributed by atoms with E-state index in [4.69, 9.17) is 5.21 Å². The van der Waals surface area contributed by atoms with Gasteiger partial charge in [0, 0.05) is 6.54 Å². The molecule has 1 aromatic rings. The second kappa shape index (κ2) is 7.01. The molecule has 0 spiro atoms. The lowest BCUT2D eigenvalue weighted by molar-refractivity contribution is 0.161. The minimum atomic E-state index is -0.571. The van der Waals surface area contributed by atoms with Crippen LogP contribution in [0.15, 0.2) is 24.3 Å². The van der Waals surface area contributed by atoms with Gasteiger partial charge < -0.3 is 5.32 Å². The monoisotopic (exact) mass is 250 g/mol. The summed E-state index contributed by atoms with van der Waals surface area (Å²) in [5, 5.41) is 11.0. The number of carbonyl (C=O) groups excluding carboxylic acids is 1. The third-order valence-corrected chi connectivity index (χ3v) is 2.86. The summed E-state index contributed by atoms with van der Waals surface area (Å²) in [5.74, 6) is 0.874. The zero-order valence-corrected chi connectivity index (χ0v) is 11.2. The van der Waals surface area contributed by atoms with E-state index in [1.807, 2.05) is 6.92 Å². The Labute approximate surface area is 108 Å². The van der Waals surface area contributed by atoms with Gasteiger partial charge in [-0.25, -0.2) is 10.3 Å². The van der Waals surface area contributed by atoms with Crippen LogP contribution in [-0.2, 0) is 6.42 Å². The van der Waals surface area contributed by atoms with Crippen LogP contribution in [0.2, 0.25) is 0 Å². The number of benzene rings is 1. The van der Waals surface area contributed by atoms with E-state index >= 15 is 0 Å². The topological polar surface area (TPSA) is 61.4 Å². The summed E-state index contributed by atoms with van der Waals surface area (Å²) in [5.41, 5.74) is 4.07. The molecule has 3 N–H and O–H groups in total. The fraction of sp³-hybridized carbons (Fsp3) is 0.500. The summed E-state index contributed by atoms with van der Waals surface area (Å²) < 4.78 is 0. The molecule has 4 heteroatoms. The fourth-order valence-electron chi connectivity index (χ4n) is 1.86. The fourth-order valence-corrected chi connectivity index (χ4v) is 1.86. The lowest BCUT2D eigenvalue weighted by atomic mass is 9.97. The van der Waals surface area contributed by atoms with Gasteiger partial charge in [0.2, 0.25) is 0 Å². The summed E-state index contributed by atoms with van der Waals surface area (Å²) in [6.07, 6.45) is 1.08. The lowest BCUT2D eigenvalue weighted by Gasteiger charge is -2.13. The van der Waals surface area contributed by atoms with Gasteiger partial charge in [-0.1, -0.05) is 45.0 Å². The molecule has 4 nitrogen and oxygen atoms in total. The van der Waals surface area contributed by atoms with Gasteiger partial charge >= 0.3 is 6.03 Å². The van der Waals surface area contributed by atoms with Crippen molar-refractivity contribution >= 4 is 6.03 Å². The average molecular weight is 250 g/mol. The van der Waals surface area contributed by atoms with Crippen LogP contribution in [0.25, 0.3) is 0 Å². The molecule has 0 aliphatic rings. The highest BCUT2D eigenvalue weighted by molar-refractivity contribution is 5.72. The molecular formula is C14H22N2O2. The van der Waals surface area contributed by atoms with Gasteiger partial charge in [-0.05, 0) is 29.4 Å². The second-order valence-electron chi connectivity index (χ2n) is 5.06. The SMILES string of the molecule is CC(C)Cc1ccc(C(C)CNC(=O)NO)cc1. The molecule has 18 heavy (non-hydrogen) atoms. The molecule has 1 atom stereocenters. The second-order valence-corrected chi connectivity index (χ2v) is 5.06. The Hall–Kier alpha value is -1.55. The first-order valence-corrected chi connectivity index (χ1v) is 6.29. The van der Waals surface area contributed by atoms with E-state index in [9.17, 15) is 4.79 Å². The van der Waals surface area contributed by atoms with Crippen molar-refractivity contribution in [2.24, 2.45) is 5.92 Å². The molecule has 2 amide bonds. The normalized spacial score (nSPS) is 12.3. The van der Waals surface area contributed by atoms with Crippen LogP contribution >= 0.6 is 0 Å². The highest BCUT2D eigenvalue weighted by Gasteiger charge is 2.07. The van der Waals surface area contributed by atoms with Crippen LogP contribution in [0, 0.1) is 5.92 Å². The number of rotatable bonds is 5. The van der Waals surface area contributed by atoms with E-state index in [1.165, 1.54) is 11.1 Å². The minimum absolute atomic E-state index is 0.218. The zero-order valence-electron chi connectivity index (χ0n) is 11.2. The molecule has 0 fully saturated rings. The molecule has 1 unspecified atom stereocenters. The summed E-state index contributed by atoms with van der Waals surface area (Å²) in [4.78, 5) is 10.9. The molecule has 0 saturated heterocycles. The maximum atomic E-state index is 10.9. The highest BCUT2D eigenvalue weighted by Crippen LogP contribution is 2.16. The Morgan fingerprint density at radius 3 is 2.33 bits per heavy atom. The standard InChI is InChI=1S/C14H22N2O2/c1-10(2)8-12-4-6-13(7-5-12)11(3)9-15-14(17)16-18/h4-7,10-11,18H,8-9H2,1-3H3,(H2,15,16,17). The molecule has 0 aliphatic carbocycles. The Bertz CT molecular complexity index is 374. The van der Waals surface area contributed by atoms with Gasteiger partial charge in [0.25, 0.3) is 0 Å². The van der Waals surface area contributed by atoms with Crippen LogP contribution in [-0.4, -0.2) is 17.8 Å². The number of urea groups is 1. The van der Waals surface area contributed by atoms with Crippen molar-refractivity contribution < 1.29 is 10.0 Å². The van der Waals surface area contributed by atoms with E-state index in [0.717, 1.165) is 6.42 Å². The number of hydrogen-bond acceptors (Lipinski definition) is 2. The van der Waals surface area contributed by atoms with Gasteiger partial charge in [0.15, 0.2) is 0 Å². The third kappa shape index (κ3) is 4.75. The number of nitrogens with one attached hydrogen (secondary N) is 2. The van der Waals surface area contributed by atoms with E-state index < -0.39 is 6.03 Å². The first kappa shape index (κ1) is 14.5. The van der Waals surface area contributed by atoms with E-state index in [-0.39, 0.29) is 5.92 Å². The van der Waals surface area contributed by atoms with Crippen molar-refractivity contribution in [1.82, 2.24) is 10.8 Å². The highest BCUT2D eigenvalue weighted by atomic mass is 16.5. The number of amides is 2. The van der Waals surface area contributed by atoms with Crippen LogP contribution in [0.5, 0.6) is 0 Å². The average Bonchev–Trinajstić information content (AvgIpc) is 2.35. The van der Waals surface area contributed by atoms with E-state index in [0.29, 0.717) is 12.5 Å². The predicted octanol–water partition coefficient (Wildman–Crippen LogP) is 2.68. The van der Waals surface area contributed by atoms with Gasteiger partial charge in [-0.15, -0.1) is 0 Å². The predicted molar refractivity (Wildman–Crippen MR) is 71.7 cm³/mol. The number of hydroxylamine groups is 1. The van der Waals surface area contributed by atoms with Crippen molar-refractivity contribution in [2.75, 3.05) is 6.54 Å². The zero-order chi connectivity index (χ0) is 13.5. The molecular weight excluding hydrogens is 228 g/mol. The van der Waals surface area contributed by atoms with Gasteiger partial charge in [-0.3, -0.25) is 5.21 Å². The molecule has 0 aliphatic heterocycles. The summed E-state index contributed by atoms with van der Waals surface area (Å²) in [6.45, 7) is 6.94. The van der Waals surface area contributed by atoms with Crippen LogP contribution in [0.1, 0.15) is 37.8 Å². The summed E-state index contributed by atoms with van der Waals surface area (Å²) >= 11 is 0. The molecule has 100 valence electrons. The van der Waals surface area contributed by atoms with Gasteiger partial charge in [0.05, 0.1) is 0 Å². The van der Waals surface area contributed by atoms with Crippen molar-refractivity contribution in [3.63, 3.8) is 0 Å². The molecule has 0 aromatic heterocycles. The van der Waals surface area contributed by atoms with Crippen molar-refractivity contribution in [3.05, 3.63) is 35.4 Å². The smallest absolute Gasteiger partial charge is 0.336 e. The van der Waals surface area contributed by atoms with Crippen molar-refractivity contribution in [2.45, 2.75) is 33.1 Å². The quantitative estimate of drug-likeness (QED) is 0.556. The first-order valence-electron chi connectivity index (χ1n) is 6.29. The maximum absolute atomic E-state index is 10.9. The van der Waals surface area contributed by atoms with E-state index in [1.54, 1.807) is 5.48 Å². The van der Waals surface area contributed by atoms with Gasteiger partial charge in [0.1, 0.15) is 0 Å². The molecule has 0 bridgehead atoms. The molecule has 0 heterocycles. The molecule has 0 radical (unpaired) electrons. The Morgan fingerprint density at radius 1 is 1.22 bits per heavy atom. The summed E-state index contributed by atoms with van der Waals surface area (Å²) in [6, 6.07) is 7.90. The molecule has 1 aromatic carbocycles. The van der Waals surface area contributed by atoms with Crippen molar-refractivity contribution in [3.8, 4) is 0 Å². The minimum Gasteiger partial charge on any atom is -0.336 e. The maximum Gasteiger partial charge on any atom is 0.338 e. The first-order chi connectivity index (χ1) is 8.52. The third-order valence-electron chi connectivity index (χ3n) is 2.86. The largest absolute Gasteiger partial charge is 0.338 e. The number of hydrogen-bond donors (Lipinski definition) is 3. The Balaban J connectivity index is 2.53. The van der Waals surface area contributed by atoms with Crippen molar-refractivity contribution in [1.29, 1.82) is 0 Å².